The number of amides is 1. The van der Waals surface area contributed by atoms with Gasteiger partial charge in [0.25, 0.3) is 5.91 Å². The highest BCUT2D eigenvalue weighted by atomic mass is 79.9. The Bertz CT molecular complexity index is 657. The number of carbonyl (C=O) groups excluding carboxylic acids is 1. The highest BCUT2D eigenvalue weighted by molar-refractivity contribution is 9.10. The van der Waals surface area contributed by atoms with E-state index in [0.29, 0.717) is 23.0 Å². The van der Waals surface area contributed by atoms with Gasteiger partial charge in [-0.05, 0) is 40.2 Å². The Labute approximate surface area is 135 Å². The predicted molar refractivity (Wildman–Crippen MR) is 84.5 cm³/mol. The molecule has 0 fully saturated rings. The lowest BCUT2D eigenvalue weighted by atomic mass is 10.3. The lowest BCUT2D eigenvalue weighted by Crippen LogP contribution is -2.24. The Kier molecular flexibility index (Phi) is 5.41. The van der Waals surface area contributed by atoms with E-state index in [9.17, 15) is 4.79 Å². The first-order valence-corrected chi connectivity index (χ1v) is 7.27. The van der Waals surface area contributed by atoms with Crippen molar-refractivity contribution in [3.05, 3.63) is 58.3 Å². The van der Waals surface area contributed by atoms with Crippen LogP contribution in [0.2, 0.25) is 5.02 Å². The fourth-order valence-corrected chi connectivity index (χ4v) is 2.34. The molecule has 2 aromatic rings. The standard InChI is InChI=1S/C14H13BrClN3O2/c1-2-6-17-14(20)12-5-7-19(18-12)9-21-13-4-3-10(16)8-11(13)15/h2-5,7-8H,1,6,9H2,(H,17,20). The third-order valence-corrected chi connectivity index (χ3v) is 3.38. The molecule has 0 unspecified atom stereocenters. The van der Waals surface area contributed by atoms with Crippen LogP contribution in [-0.2, 0) is 6.73 Å². The van der Waals surface area contributed by atoms with Crippen LogP contribution in [0, 0.1) is 0 Å². The van der Waals surface area contributed by atoms with Crippen molar-refractivity contribution in [1.82, 2.24) is 15.1 Å². The maximum Gasteiger partial charge on any atom is 0.272 e. The van der Waals surface area contributed by atoms with Crippen LogP contribution in [0.4, 0.5) is 0 Å². The monoisotopic (exact) mass is 369 g/mol. The Morgan fingerprint density at radius 1 is 1.52 bits per heavy atom. The van der Waals surface area contributed by atoms with Gasteiger partial charge >= 0.3 is 0 Å². The Morgan fingerprint density at radius 2 is 2.33 bits per heavy atom. The molecule has 0 spiro atoms. The van der Waals surface area contributed by atoms with Crippen LogP contribution in [0.15, 0.2) is 47.6 Å². The van der Waals surface area contributed by atoms with E-state index in [4.69, 9.17) is 16.3 Å². The number of rotatable bonds is 6. The summed E-state index contributed by atoms with van der Waals surface area (Å²) in [6, 6.07) is 6.86. The zero-order chi connectivity index (χ0) is 15.2. The molecule has 1 heterocycles. The molecule has 110 valence electrons. The van der Waals surface area contributed by atoms with Gasteiger partial charge in [0.2, 0.25) is 0 Å². The van der Waals surface area contributed by atoms with Crippen molar-refractivity contribution in [1.29, 1.82) is 0 Å². The topological polar surface area (TPSA) is 56.2 Å². The van der Waals surface area contributed by atoms with Crippen molar-refractivity contribution >= 4 is 33.4 Å². The van der Waals surface area contributed by atoms with Gasteiger partial charge in [-0.3, -0.25) is 4.79 Å². The number of nitrogens with one attached hydrogen (secondary N) is 1. The maximum absolute atomic E-state index is 11.7. The summed E-state index contributed by atoms with van der Waals surface area (Å²) in [6.07, 6.45) is 3.28. The number of halogens is 2. The van der Waals surface area contributed by atoms with Gasteiger partial charge in [-0.2, -0.15) is 5.10 Å². The van der Waals surface area contributed by atoms with E-state index in [2.05, 4.69) is 32.9 Å². The van der Waals surface area contributed by atoms with Crippen molar-refractivity contribution < 1.29 is 9.53 Å². The molecule has 0 saturated heterocycles. The highest BCUT2D eigenvalue weighted by Gasteiger charge is 2.08. The van der Waals surface area contributed by atoms with Crippen LogP contribution in [-0.4, -0.2) is 22.2 Å². The highest BCUT2D eigenvalue weighted by Crippen LogP contribution is 2.28. The summed E-state index contributed by atoms with van der Waals surface area (Å²) in [6.45, 7) is 4.13. The second-order valence-electron chi connectivity index (χ2n) is 4.09. The first-order chi connectivity index (χ1) is 10.1. The van der Waals surface area contributed by atoms with Gasteiger partial charge in [0.1, 0.15) is 11.4 Å². The van der Waals surface area contributed by atoms with E-state index in [1.807, 2.05) is 0 Å². The smallest absolute Gasteiger partial charge is 0.272 e. The molecule has 1 N–H and O–H groups in total. The molecule has 0 radical (unpaired) electrons. The minimum atomic E-state index is -0.249. The molecule has 21 heavy (non-hydrogen) atoms. The van der Waals surface area contributed by atoms with Crippen molar-refractivity contribution in [3.8, 4) is 5.75 Å². The predicted octanol–water partition coefficient (Wildman–Crippen LogP) is 3.25. The number of benzene rings is 1. The molecule has 1 aromatic heterocycles. The van der Waals surface area contributed by atoms with E-state index in [-0.39, 0.29) is 12.6 Å². The van der Waals surface area contributed by atoms with Crippen LogP contribution < -0.4 is 10.1 Å². The van der Waals surface area contributed by atoms with E-state index >= 15 is 0 Å². The van der Waals surface area contributed by atoms with Crippen molar-refractivity contribution in [2.75, 3.05) is 6.54 Å². The van der Waals surface area contributed by atoms with Gasteiger partial charge in [-0.25, -0.2) is 4.68 Å². The van der Waals surface area contributed by atoms with Crippen LogP contribution in [0.3, 0.4) is 0 Å². The summed E-state index contributed by atoms with van der Waals surface area (Å²) in [4.78, 5) is 11.7. The minimum Gasteiger partial charge on any atom is -0.470 e. The van der Waals surface area contributed by atoms with Crippen molar-refractivity contribution in [2.45, 2.75) is 6.73 Å². The van der Waals surface area contributed by atoms with Crippen LogP contribution in [0.1, 0.15) is 10.5 Å². The molecular formula is C14H13BrClN3O2. The second kappa shape index (κ2) is 7.28. The summed E-state index contributed by atoms with van der Waals surface area (Å²) in [5.74, 6) is 0.397. The molecule has 0 saturated carbocycles. The molecule has 0 aliphatic carbocycles. The number of hydrogen-bond acceptors (Lipinski definition) is 3. The Hall–Kier alpha value is -1.79. The SMILES string of the molecule is C=CCNC(=O)c1ccn(COc2ccc(Cl)cc2Br)n1. The first-order valence-electron chi connectivity index (χ1n) is 6.10. The van der Waals surface area contributed by atoms with Gasteiger partial charge < -0.3 is 10.1 Å². The lowest BCUT2D eigenvalue weighted by molar-refractivity contribution is 0.0951. The minimum absolute atomic E-state index is 0.189. The van der Waals surface area contributed by atoms with E-state index < -0.39 is 0 Å². The van der Waals surface area contributed by atoms with Gasteiger partial charge in [0, 0.05) is 17.8 Å². The number of aromatic nitrogens is 2. The zero-order valence-corrected chi connectivity index (χ0v) is 13.4. The molecule has 1 aromatic carbocycles. The molecule has 5 nitrogen and oxygen atoms in total. The third kappa shape index (κ3) is 4.34. The molecular weight excluding hydrogens is 358 g/mol. The first kappa shape index (κ1) is 15.6. The number of carbonyl (C=O) groups is 1. The summed E-state index contributed by atoms with van der Waals surface area (Å²) in [5.41, 5.74) is 0.329. The molecule has 0 aliphatic heterocycles. The maximum atomic E-state index is 11.7. The molecule has 0 bridgehead atoms. The largest absolute Gasteiger partial charge is 0.470 e. The average Bonchev–Trinajstić information content (AvgIpc) is 2.93. The summed E-state index contributed by atoms with van der Waals surface area (Å²) < 4.78 is 7.89. The third-order valence-electron chi connectivity index (χ3n) is 2.53. The Morgan fingerprint density at radius 3 is 3.05 bits per heavy atom. The average molecular weight is 371 g/mol. The second-order valence-corrected chi connectivity index (χ2v) is 5.38. The van der Waals surface area contributed by atoms with E-state index in [1.165, 1.54) is 4.68 Å². The van der Waals surface area contributed by atoms with E-state index in [0.717, 1.165) is 4.47 Å². The van der Waals surface area contributed by atoms with Crippen LogP contribution in [0.25, 0.3) is 0 Å². The van der Waals surface area contributed by atoms with Gasteiger partial charge in [-0.15, -0.1) is 6.58 Å². The number of hydrogen-bond donors (Lipinski definition) is 1. The quantitative estimate of drug-likeness (QED) is 0.794. The lowest BCUT2D eigenvalue weighted by Gasteiger charge is -2.08. The molecule has 0 atom stereocenters. The normalized spacial score (nSPS) is 10.2. The summed E-state index contributed by atoms with van der Waals surface area (Å²) >= 11 is 9.22. The molecule has 7 heteroatoms. The van der Waals surface area contributed by atoms with Crippen LogP contribution in [0.5, 0.6) is 5.75 Å². The summed E-state index contributed by atoms with van der Waals surface area (Å²) in [7, 11) is 0. The molecule has 2 rings (SSSR count). The zero-order valence-electron chi connectivity index (χ0n) is 11.1. The Balaban J connectivity index is 1.96. The summed E-state index contributed by atoms with van der Waals surface area (Å²) in [5, 5.41) is 7.40. The fraction of sp³-hybridized carbons (Fsp3) is 0.143. The van der Waals surface area contributed by atoms with Gasteiger partial charge in [0.05, 0.1) is 4.47 Å². The van der Waals surface area contributed by atoms with Crippen molar-refractivity contribution in [3.63, 3.8) is 0 Å². The number of ether oxygens (including phenoxy) is 1. The van der Waals surface area contributed by atoms with Crippen LogP contribution >= 0.6 is 27.5 Å². The van der Waals surface area contributed by atoms with Gasteiger partial charge in [-0.1, -0.05) is 17.7 Å². The molecule has 1 amide bonds. The van der Waals surface area contributed by atoms with Crippen molar-refractivity contribution in [2.24, 2.45) is 0 Å². The van der Waals surface area contributed by atoms with E-state index in [1.54, 1.807) is 36.5 Å². The fourth-order valence-electron chi connectivity index (χ4n) is 1.54. The molecule has 0 aliphatic rings. The van der Waals surface area contributed by atoms with Gasteiger partial charge in [0.15, 0.2) is 6.73 Å². The number of nitrogens with zero attached hydrogens (tertiary/aromatic N) is 2.